The molecule has 2 amide bonds. The lowest BCUT2D eigenvalue weighted by atomic mass is 10.1. The molecule has 1 aliphatic rings. The highest BCUT2D eigenvalue weighted by molar-refractivity contribution is 6.23. The van der Waals surface area contributed by atoms with Gasteiger partial charge in [-0.05, 0) is 49.6 Å². The predicted molar refractivity (Wildman–Crippen MR) is 91.6 cm³/mol. The van der Waals surface area contributed by atoms with Gasteiger partial charge in [-0.3, -0.25) is 9.59 Å². The topological polar surface area (TPSA) is 49.4 Å². The number of carbonyl (C=O) groups is 2. The fourth-order valence-corrected chi connectivity index (χ4v) is 2.88. The molecule has 0 aromatic heterocycles. The molecule has 118 valence electrons. The van der Waals surface area contributed by atoms with Crippen molar-refractivity contribution >= 4 is 23.2 Å². The van der Waals surface area contributed by atoms with E-state index in [0.29, 0.717) is 5.69 Å². The van der Waals surface area contributed by atoms with Crippen LogP contribution in [0.4, 0.5) is 11.4 Å². The minimum absolute atomic E-state index is 0.158. The Kier molecular flexibility index (Phi) is 3.90. The quantitative estimate of drug-likeness (QED) is 0.885. The standard InChI is InChI=1S/C19H20N2O2/c1-12-8-9-14(3)17(10-12)21-18(22)11-16(19(21)23)20-15-7-5-4-6-13(15)2/h4-10,16,20H,11H2,1-3H3/t16-/m0/s1. The molecular weight excluding hydrogens is 288 g/mol. The van der Waals surface area contributed by atoms with Gasteiger partial charge in [-0.1, -0.05) is 30.3 Å². The summed E-state index contributed by atoms with van der Waals surface area (Å²) in [6.07, 6.45) is 0.181. The number of para-hydroxylation sites is 1. The van der Waals surface area contributed by atoms with Gasteiger partial charge in [-0.15, -0.1) is 0 Å². The number of rotatable bonds is 3. The Hall–Kier alpha value is -2.62. The molecule has 1 fully saturated rings. The molecule has 0 bridgehead atoms. The molecule has 4 heteroatoms. The van der Waals surface area contributed by atoms with E-state index in [4.69, 9.17) is 0 Å². The number of carbonyl (C=O) groups excluding carboxylic acids is 2. The third-order valence-corrected chi connectivity index (χ3v) is 4.23. The van der Waals surface area contributed by atoms with Crippen LogP contribution in [0.1, 0.15) is 23.1 Å². The van der Waals surface area contributed by atoms with Crippen molar-refractivity contribution in [1.82, 2.24) is 0 Å². The first-order chi connectivity index (χ1) is 11.0. The maximum atomic E-state index is 12.7. The van der Waals surface area contributed by atoms with E-state index in [1.807, 2.05) is 63.2 Å². The van der Waals surface area contributed by atoms with Crippen molar-refractivity contribution in [2.75, 3.05) is 10.2 Å². The lowest BCUT2D eigenvalue weighted by Crippen LogP contribution is -2.35. The largest absolute Gasteiger partial charge is 0.373 e. The SMILES string of the molecule is Cc1ccc(C)c(N2C(=O)C[C@H](Nc3ccccc3C)C2=O)c1. The Morgan fingerprint density at radius 3 is 2.48 bits per heavy atom. The molecule has 4 nitrogen and oxygen atoms in total. The summed E-state index contributed by atoms with van der Waals surface area (Å²) in [4.78, 5) is 26.5. The minimum atomic E-state index is -0.511. The van der Waals surface area contributed by atoms with Crippen LogP contribution in [0.3, 0.4) is 0 Å². The number of aryl methyl sites for hydroxylation is 3. The van der Waals surface area contributed by atoms with Gasteiger partial charge in [0.2, 0.25) is 5.91 Å². The van der Waals surface area contributed by atoms with Crippen LogP contribution in [-0.4, -0.2) is 17.9 Å². The second kappa shape index (κ2) is 5.88. The van der Waals surface area contributed by atoms with Crippen LogP contribution in [0.2, 0.25) is 0 Å². The van der Waals surface area contributed by atoms with Crippen molar-refractivity contribution in [3.8, 4) is 0 Å². The molecule has 0 saturated carbocycles. The van der Waals surface area contributed by atoms with Crippen molar-refractivity contribution in [2.45, 2.75) is 33.2 Å². The Morgan fingerprint density at radius 2 is 1.74 bits per heavy atom. The molecule has 0 radical (unpaired) electrons. The molecule has 1 aliphatic heterocycles. The summed E-state index contributed by atoms with van der Waals surface area (Å²) in [5.41, 5.74) is 4.59. The zero-order chi connectivity index (χ0) is 16.6. The first-order valence-electron chi connectivity index (χ1n) is 7.73. The average Bonchev–Trinajstić information content (AvgIpc) is 2.79. The summed E-state index contributed by atoms with van der Waals surface area (Å²) in [5.74, 6) is -0.346. The van der Waals surface area contributed by atoms with Crippen molar-refractivity contribution in [2.24, 2.45) is 0 Å². The second-order valence-electron chi connectivity index (χ2n) is 6.07. The Bertz CT molecular complexity index is 783. The summed E-state index contributed by atoms with van der Waals surface area (Å²) in [5, 5.41) is 3.21. The number of hydrogen-bond acceptors (Lipinski definition) is 3. The third-order valence-electron chi connectivity index (χ3n) is 4.23. The van der Waals surface area contributed by atoms with Crippen molar-refractivity contribution in [3.63, 3.8) is 0 Å². The summed E-state index contributed by atoms with van der Waals surface area (Å²) >= 11 is 0. The van der Waals surface area contributed by atoms with E-state index < -0.39 is 6.04 Å². The number of benzene rings is 2. The fourth-order valence-electron chi connectivity index (χ4n) is 2.88. The van der Waals surface area contributed by atoms with Gasteiger partial charge in [-0.25, -0.2) is 4.90 Å². The average molecular weight is 308 g/mol. The maximum Gasteiger partial charge on any atom is 0.256 e. The number of anilines is 2. The molecule has 1 heterocycles. The number of imide groups is 1. The van der Waals surface area contributed by atoms with E-state index in [0.717, 1.165) is 22.4 Å². The monoisotopic (exact) mass is 308 g/mol. The highest BCUT2D eigenvalue weighted by Gasteiger charge is 2.40. The normalized spacial score (nSPS) is 17.7. The van der Waals surface area contributed by atoms with Crippen molar-refractivity contribution < 1.29 is 9.59 Å². The van der Waals surface area contributed by atoms with Crippen LogP contribution >= 0.6 is 0 Å². The summed E-state index contributed by atoms with van der Waals surface area (Å²) < 4.78 is 0. The lowest BCUT2D eigenvalue weighted by Gasteiger charge is -2.19. The molecule has 0 aliphatic carbocycles. The van der Waals surface area contributed by atoms with Gasteiger partial charge in [-0.2, -0.15) is 0 Å². The van der Waals surface area contributed by atoms with Crippen LogP contribution in [0.25, 0.3) is 0 Å². The molecule has 1 N–H and O–H groups in total. The van der Waals surface area contributed by atoms with Gasteiger partial charge in [0.15, 0.2) is 0 Å². The van der Waals surface area contributed by atoms with E-state index in [9.17, 15) is 9.59 Å². The molecule has 1 saturated heterocycles. The molecule has 0 spiro atoms. The highest BCUT2D eigenvalue weighted by atomic mass is 16.2. The van der Waals surface area contributed by atoms with Gasteiger partial charge >= 0.3 is 0 Å². The molecule has 1 atom stereocenters. The number of amides is 2. The van der Waals surface area contributed by atoms with Crippen LogP contribution in [0, 0.1) is 20.8 Å². The first-order valence-corrected chi connectivity index (χ1v) is 7.73. The van der Waals surface area contributed by atoms with Crippen molar-refractivity contribution in [1.29, 1.82) is 0 Å². The van der Waals surface area contributed by atoms with Gasteiger partial charge < -0.3 is 5.32 Å². The van der Waals surface area contributed by atoms with Crippen LogP contribution in [0.15, 0.2) is 42.5 Å². The van der Waals surface area contributed by atoms with Gasteiger partial charge in [0.05, 0.1) is 12.1 Å². The Labute approximate surface area is 136 Å². The molecule has 0 unspecified atom stereocenters. The lowest BCUT2D eigenvalue weighted by molar-refractivity contribution is -0.121. The van der Waals surface area contributed by atoms with Crippen molar-refractivity contribution in [3.05, 3.63) is 59.2 Å². The van der Waals surface area contributed by atoms with E-state index in [2.05, 4.69) is 5.32 Å². The van der Waals surface area contributed by atoms with Crippen LogP contribution in [0.5, 0.6) is 0 Å². The minimum Gasteiger partial charge on any atom is -0.373 e. The zero-order valence-electron chi connectivity index (χ0n) is 13.6. The summed E-state index contributed by atoms with van der Waals surface area (Å²) in [6.45, 7) is 5.85. The van der Waals surface area contributed by atoms with Gasteiger partial charge in [0.1, 0.15) is 6.04 Å². The van der Waals surface area contributed by atoms with Crippen LogP contribution < -0.4 is 10.2 Å². The fraction of sp³-hybridized carbons (Fsp3) is 0.263. The molecular formula is C19H20N2O2. The third kappa shape index (κ3) is 2.84. The second-order valence-corrected chi connectivity index (χ2v) is 6.07. The first kappa shape index (κ1) is 15.3. The number of nitrogens with one attached hydrogen (secondary N) is 1. The van der Waals surface area contributed by atoms with Crippen LogP contribution in [-0.2, 0) is 9.59 Å². The Morgan fingerprint density at radius 1 is 1.00 bits per heavy atom. The maximum absolute atomic E-state index is 12.7. The zero-order valence-corrected chi connectivity index (χ0v) is 13.6. The summed E-state index contributed by atoms with van der Waals surface area (Å²) in [6, 6.07) is 13.1. The Balaban J connectivity index is 1.88. The predicted octanol–water partition coefficient (Wildman–Crippen LogP) is 3.36. The molecule has 2 aromatic rings. The van der Waals surface area contributed by atoms with Gasteiger partial charge in [0, 0.05) is 5.69 Å². The molecule has 23 heavy (non-hydrogen) atoms. The van der Waals surface area contributed by atoms with E-state index in [1.54, 1.807) is 0 Å². The molecule has 2 aromatic carbocycles. The summed E-state index contributed by atoms with van der Waals surface area (Å²) in [7, 11) is 0. The molecule has 3 rings (SSSR count). The number of nitrogens with zero attached hydrogens (tertiary/aromatic N) is 1. The highest BCUT2D eigenvalue weighted by Crippen LogP contribution is 2.29. The van der Waals surface area contributed by atoms with Gasteiger partial charge in [0.25, 0.3) is 5.91 Å². The van der Waals surface area contributed by atoms with E-state index in [-0.39, 0.29) is 18.2 Å². The van der Waals surface area contributed by atoms with E-state index in [1.165, 1.54) is 4.90 Å². The van der Waals surface area contributed by atoms with E-state index >= 15 is 0 Å². The smallest absolute Gasteiger partial charge is 0.256 e. The number of hydrogen-bond donors (Lipinski definition) is 1.